The molecule has 1 aromatic rings. The molecule has 1 unspecified atom stereocenters. The highest BCUT2D eigenvalue weighted by atomic mass is 35.5. The van der Waals surface area contributed by atoms with E-state index in [4.69, 9.17) is 27.9 Å². The molecule has 7 heteroatoms. The monoisotopic (exact) mass is 346 g/mol. The number of hydrogen-bond acceptors (Lipinski definition) is 4. The molecular weight excluding hydrogens is 327 g/mol. The lowest BCUT2D eigenvalue weighted by Crippen LogP contribution is -2.49. The third-order valence-corrected chi connectivity index (χ3v) is 3.85. The summed E-state index contributed by atoms with van der Waals surface area (Å²) in [7, 11) is 1.29. The Morgan fingerprint density at radius 3 is 2.27 bits per heavy atom. The lowest BCUT2D eigenvalue weighted by atomic mass is 10.0. The maximum atomic E-state index is 12.2. The number of hydrogen-bond donors (Lipinski definition) is 2. The van der Waals surface area contributed by atoms with Gasteiger partial charge in [-0.15, -0.1) is 0 Å². The van der Waals surface area contributed by atoms with Crippen molar-refractivity contribution in [2.45, 2.75) is 32.9 Å². The van der Waals surface area contributed by atoms with Crippen molar-refractivity contribution in [2.75, 3.05) is 12.4 Å². The Morgan fingerprint density at radius 2 is 1.77 bits per heavy atom. The van der Waals surface area contributed by atoms with Gasteiger partial charge in [-0.05, 0) is 31.0 Å². The number of amides is 1. The Morgan fingerprint density at radius 1 is 1.14 bits per heavy atom. The van der Waals surface area contributed by atoms with E-state index in [9.17, 15) is 9.59 Å². The third-order valence-electron chi connectivity index (χ3n) is 3.12. The first kappa shape index (κ1) is 18.6. The molecule has 1 amide bonds. The molecule has 122 valence electrons. The molecule has 0 aromatic heterocycles. The molecule has 0 bridgehead atoms. The lowest BCUT2D eigenvalue weighted by molar-refractivity contribution is -0.146. The van der Waals surface area contributed by atoms with Crippen molar-refractivity contribution in [1.82, 2.24) is 5.32 Å². The van der Waals surface area contributed by atoms with Gasteiger partial charge in [-0.1, -0.05) is 37.0 Å². The molecule has 0 aliphatic carbocycles. The van der Waals surface area contributed by atoms with Crippen LogP contribution in [-0.2, 0) is 14.3 Å². The quantitative estimate of drug-likeness (QED) is 0.776. The van der Waals surface area contributed by atoms with Crippen molar-refractivity contribution in [1.29, 1.82) is 0 Å². The predicted octanol–water partition coefficient (Wildman–Crippen LogP) is 3.11. The molecule has 0 radical (unpaired) electrons. The molecule has 22 heavy (non-hydrogen) atoms. The van der Waals surface area contributed by atoms with Gasteiger partial charge in [0.1, 0.15) is 12.1 Å². The smallest absolute Gasteiger partial charge is 0.328 e. The summed E-state index contributed by atoms with van der Waals surface area (Å²) in [6.07, 6.45) is 0. The number of methoxy groups -OCH3 is 1. The number of benzene rings is 1. The van der Waals surface area contributed by atoms with Crippen LogP contribution < -0.4 is 10.6 Å². The van der Waals surface area contributed by atoms with Gasteiger partial charge in [0.25, 0.3) is 0 Å². The number of rotatable bonds is 6. The van der Waals surface area contributed by atoms with E-state index in [1.54, 1.807) is 25.1 Å². The summed E-state index contributed by atoms with van der Waals surface area (Å²) in [5.41, 5.74) is 0.663. The van der Waals surface area contributed by atoms with Crippen LogP contribution in [-0.4, -0.2) is 31.1 Å². The zero-order chi connectivity index (χ0) is 16.9. The topological polar surface area (TPSA) is 67.4 Å². The SMILES string of the molecule is COC(=O)[C@@H](NC(=O)C(C)Nc1ccc(Cl)c(Cl)c1)C(C)C. The number of carbonyl (C=O) groups excluding carboxylic acids is 2. The van der Waals surface area contributed by atoms with Crippen LogP contribution in [0.2, 0.25) is 10.0 Å². The van der Waals surface area contributed by atoms with E-state index in [1.165, 1.54) is 7.11 Å². The van der Waals surface area contributed by atoms with Gasteiger partial charge in [0, 0.05) is 5.69 Å². The second kappa shape index (κ2) is 8.25. The lowest BCUT2D eigenvalue weighted by Gasteiger charge is -2.23. The van der Waals surface area contributed by atoms with Gasteiger partial charge < -0.3 is 15.4 Å². The number of carbonyl (C=O) groups is 2. The Bertz CT molecular complexity index is 550. The highest BCUT2D eigenvalue weighted by Crippen LogP contribution is 2.25. The van der Waals surface area contributed by atoms with Crippen molar-refractivity contribution in [3.8, 4) is 0 Å². The predicted molar refractivity (Wildman–Crippen MR) is 88.3 cm³/mol. The molecule has 2 atom stereocenters. The van der Waals surface area contributed by atoms with E-state index in [2.05, 4.69) is 10.6 Å². The van der Waals surface area contributed by atoms with Crippen LogP contribution in [0, 0.1) is 5.92 Å². The van der Waals surface area contributed by atoms with Crippen molar-refractivity contribution in [2.24, 2.45) is 5.92 Å². The highest BCUT2D eigenvalue weighted by molar-refractivity contribution is 6.42. The standard InChI is InChI=1S/C15H20Cl2N2O3/c1-8(2)13(15(21)22-4)19-14(20)9(3)18-10-5-6-11(16)12(17)7-10/h5-9,13,18H,1-4H3,(H,19,20)/t9?,13-/m0/s1. The summed E-state index contributed by atoms with van der Waals surface area (Å²) in [5, 5.41) is 6.52. The summed E-state index contributed by atoms with van der Waals surface area (Å²) in [5.74, 6) is -0.853. The van der Waals surface area contributed by atoms with E-state index < -0.39 is 18.1 Å². The average Bonchev–Trinajstić information content (AvgIpc) is 2.47. The van der Waals surface area contributed by atoms with Crippen LogP contribution in [0.15, 0.2) is 18.2 Å². The van der Waals surface area contributed by atoms with Crippen LogP contribution >= 0.6 is 23.2 Å². The number of esters is 1. The third kappa shape index (κ3) is 5.07. The zero-order valence-electron chi connectivity index (χ0n) is 12.9. The van der Waals surface area contributed by atoms with Crippen molar-refractivity contribution >= 4 is 40.8 Å². The van der Waals surface area contributed by atoms with Crippen LogP contribution in [0.4, 0.5) is 5.69 Å². The van der Waals surface area contributed by atoms with E-state index in [-0.39, 0.29) is 11.8 Å². The van der Waals surface area contributed by atoms with Crippen LogP contribution in [0.25, 0.3) is 0 Å². The van der Waals surface area contributed by atoms with Crippen LogP contribution in [0.1, 0.15) is 20.8 Å². The molecule has 0 saturated heterocycles. The minimum Gasteiger partial charge on any atom is -0.467 e. The molecular formula is C15H20Cl2N2O3. The first-order valence-electron chi connectivity index (χ1n) is 6.86. The van der Waals surface area contributed by atoms with E-state index in [0.717, 1.165) is 0 Å². The largest absolute Gasteiger partial charge is 0.467 e. The van der Waals surface area contributed by atoms with Crippen molar-refractivity contribution < 1.29 is 14.3 Å². The summed E-state index contributed by atoms with van der Waals surface area (Å²) in [6.45, 7) is 5.35. The molecule has 1 aromatic carbocycles. The molecule has 1 rings (SSSR count). The van der Waals surface area contributed by atoms with Crippen molar-refractivity contribution in [3.05, 3.63) is 28.2 Å². The Kier molecular flexibility index (Phi) is 6.97. The summed E-state index contributed by atoms with van der Waals surface area (Å²) >= 11 is 11.8. The highest BCUT2D eigenvalue weighted by Gasteiger charge is 2.26. The number of nitrogens with one attached hydrogen (secondary N) is 2. The van der Waals surface area contributed by atoms with Crippen LogP contribution in [0.3, 0.4) is 0 Å². The Balaban J connectivity index is 2.71. The van der Waals surface area contributed by atoms with E-state index in [1.807, 2.05) is 13.8 Å². The number of anilines is 1. The van der Waals surface area contributed by atoms with Crippen LogP contribution in [0.5, 0.6) is 0 Å². The molecule has 0 aliphatic rings. The maximum absolute atomic E-state index is 12.2. The number of halogens is 2. The molecule has 0 fully saturated rings. The van der Waals surface area contributed by atoms with Gasteiger partial charge in [0.2, 0.25) is 5.91 Å². The molecule has 2 N–H and O–H groups in total. The zero-order valence-corrected chi connectivity index (χ0v) is 14.5. The van der Waals surface area contributed by atoms with E-state index >= 15 is 0 Å². The minimum atomic E-state index is -0.685. The second-order valence-corrected chi connectivity index (χ2v) is 6.06. The van der Waals surface area contributed by atoms with E-state index in [0.29, 0.717) is 15.7 Å². The van der Waals surface area contributed by atoms with Gasteiger partial charge >= 0.3 is 5.97 Å². The average molecular weight is 347 g/mol. The minimum absolute atomic E-state index is 0.0754. The van der Waals surface area contributed by atoms with Crippen molar-refractivity contribution in [3.63, 3.8) is 0 Å². The summed E-state index contributed by atoms with van der Waals surface area (Å²) < 4.78 is 4.70. The van der Waals surface area contributed by atoms with Gasteiger partial charge in [0.05, 0.1) is 17.2 Å². The maximum Gasteiger partial charge on any atom is 0.328 e. The molecule has 5 nitrogen and oxygen atoms in total. The second-order valence-electron chi connectivity index (χ2n) is 5.25. The molecule has 0 heterocycles. The normalized spacial score (nSPS) is 13.4. The molecule has 0 aliphatic heterocycles. The van der Waals surface area contributed by atoms with Gasteiger partial charge in [-0.25, -0.2) is 4.79 Å². The van der Waals surface area contributed by atoms with Gasteiger partial charge in [0.15, 0.2) is 0 Å². The van der Waals surface area contributed by atoms with Gasteiger partial charge in [-0.3, -0.25) is 4.79 Å². The molecule has 0 spiro atoms. The molecule has 0 saturated carbocycles. The fourth-order valence-corrected chi connectivity index (χ4v) is 2.10. The Hall–Kier alpha value is -1.46. The fraction of sp³-hybridized carbons (Fsp3) is 0.467. The number of ether oxygens (including phenoxy) is 1. The first-order valence-corrected chi connectivity index (χ1v) is 7.61. The first-order chi connectivity index (χ1) is 10.3. The fourth-order valence-electron chi connectivity index (χ4n) is 1.80. The van der Waals surface area contributed by atoms with Gasteiger partial charge in [-0.2, -0.15) is 0 Å². The summed E-state index contributed by atoms with van der Waals surface area (Å²) in [4.78, 5) is 23.9. The Labute approximate surface area is 140 Å². The summed E-state index contributed by atoms with van der Waals surface area (Å²) in [6, 6.07) is 3.76.